The molecule has 0 aliphatic carbocycles. The Morgan fingerprint density at radius 3 is 2.17 bits per heavy atom. The van der Waals surface area contributed by atoms with E-state index in [1.807, 2.05) is 43.0 Å². The van der Waals surface area contributed by atoms with Gasteiger partial charge in [-0.05, 0) is 25.8 Å². The van der Waals surface area contributed by atoms with Crippen LogP contribution >= 0.6 is 0 Å². The van der Waals surface area contributed by atoms with Crippen molar-refractivity contribution in [3.63, 3.8) is 0 Å². The van der Waals surface area contributed by atoms with Crippen LogP contribution in [0.5, 0.6) is 0 Å². The van der Waals surface area contributed by atoms with Crippen LogP contribution in [0.15, 0.2) is 24.3 Å². The molecule has 1 heterocycles. The molecule has 0 saturated carbocycles. The Morgan fingerprint density at radius 1 is 1.08 bits per heavy atom. The summed E-state index contributed by atoms with van der Waals surface area (Å²) in [6, 6.07) is 8.04. The molecular weight excluding hydrogens is 302 g/mol. The average Bonchev–Trinajstić information content (AvgIpc) is 2.56. The number of carbonyl (C=O) groups is 2. The summed E-state index contributed by atoms with van der Waals surface area (Å²) in [6.45, 7) is 8.15. The highest BCUT2D eigenvalue weighted by Crippen LogP contribution is 2.15. The first kappa shape index (κ1) is 18.5. The number of carbonyl (C=O) groups excluding carboxylic acids is 2. The number of aryl methyl sites for hydroxylation is 1. The molecule has 0 radical (unpaired) electrons. The molecule has 1 aromatic rings. The van der Waals surface area contributed by atoms with E-state index in [0.717, 1.165) is 12.0 Å². The van der Waals surface area contributed by atoms with Crippen LogP contribution < -0.4 is 5.73 Å². The van der Waals surface area contributed by atoms with Gasteiger partial charge in [-0.15, -0.1) is 0 Å². The Hall–Kier alpha value is -1.88. The van der Waals surface area contributed by atoms with Crippen LogP contribution in [-0.2, 0) is 16.0 Å². The van der Waals surface area contributed by atoms with Gasteiger partial charge in [-0.25, -0.2) is 0 Å². The molecule has 5 heteroatoms. The Bertz CT molecular complexity index is 573. The van der Waals surface area contributed by atoms with Gasteiger partial charge in [-0.3, -0.25) is 9.59 Å². The fraction of sp³-hybridized carbons (Fsp3) is 0.579. The SMILES string of the molecule is CCCC(C)(N)C(=O)N1CCN(C(=O)Cc2ccc(C)cc2)CC1. The van der Waals surface area contributed by atoms with Gasteiger partial charge in [0.2, 0.25) is 11.8 Å². The summed E-state index contributed by atoms with van der Waals surface area (Å²) in [7, 11) is 0. The molecule has 1 aliphatic rings. The van der Waals surface area contributed by atoms with Gasteiger partial charge in [0.15, 0.2) is 0 Å². The lowest BCUT2D eigenvalue weighted by Crippen LogP contribution is -2.58. The predicted octanol–water partition coefficient (Wildman–Crippen LogP) is 1.73. The molecule has 0 aromatic heterocycles. The standard InChI is InChI=1S/C19H29N3O2/c1-4-9-19(3,20)18(24)22-12-10-21(11-13-22)17(23)14-16-7-5-15(2)6-8-16/h5-8H,4,9-14,20H2,1-3H3. The van der Waals surface area contributed by atoms with E-state index in [0.29, 0.717) is 39.0 Å². The normalized spacial score (nSPS) is 17.5. The van der Waals surface area contributed by atoms with E-state index in [9.17, 15) is 9.59 Å². The van der Waals surface area contributed by atoms with E-state index in [-0.39, 0.29) is 11.8 Å². The van der Waals surface area contributed by atoms with Gasteiger partial charge in [-0.2, -0.15) is 0 Å². The molecule has 1 aromatic carbocycles. The van der Waals surface area contributed by atoms with Gasteiger partial charge in [0, 0.05) is 26.2 Å². The topological polar surface area (TPSA) is 66.6 Å². The van der Waals surface area contributed by atoms with Crippen LogP contribution in [0.2, 0.25) is 0 Å². The minimum atomic E-state index is -0.803. The molecule has 2 N–H and O–H groups in total. The molecule has 2 rings (SSSR count). The predicted molar refractivity (Wildman–Crippen MR) is 95.5 cm³/mol. The second-order valence-corrected chi connectivity index (χ2v) is 7.00. The lowest BCUT2D eigenvalue weighted by molar-refractivity contribution is -0.142. The van der Waals surface area contributed by atoms with Crippen molar-refractivity contribution in [3.8, 4) is 0 Å². The van der Waals surface area contributed by atoms with E-state index in [2.05, 4.69) is 0 Å². The molecular formula is C19H29N3O2. The first-order valence-corrected chi connectivity index (χ1v) is 8.75. The number of hydrogen-bond donors (Lipinski definition) is 1. The van der Waals surface area contributed by atoms with E-state index < -0.39 is 5.54 Å². The molecule has 5 nitrogen and oxygen atoms in total. The summed E-state index contributed by atoms with van der Waals surface area (Å²) in [4.78, 5) is 28.6. The monoisotopic (exact) mass is 331 g/mol. The summed E-state index contributed by atoms with van der Waals surface area (Å²) in [5.74, 6) is 0.116. The van der Waals surface area contributed by atoms with Crippen molar-refractivity contribution >= 4 is 11.8 Å². The summed E-state index contributed by atoms with van der Waals surface area (Å²) in [6.07, 6.45) is 1.98. The number of nitrogens with zero attached hydrogens (tertiary/aromatic N) is 2. The molecule has 2 amide bonds. The maximum atomic E-state index is 12.5. The van der Waals surface area contributed by atoms with E-state index in [1.54, 1.807) is 11.8 Å². The number of amides is 2. The molecule has 1 aliphatic heterocycles. The molecule has 1 atom stereocenters. The molecule has 132 valence electrons. The van der Waals surface area contributed by atoms with Crippen LogP contribution in [0.1, 0.15) is 37.8 Å². The highest BCUT2D eigenvalue weighted by atomic mass is 16.2. The van der Waals surface area contributed by atoms with Gasteiger partial charge >= 0.3 is 0 Å². The Labute approximate surface area is 144 Å². The number of nitrogens with two attached hydrogens (primary N) is 1. The average molecular weight is 331 g/mol. The number of piperazine rings is 1. The van der Waals surface area contributed by atoms with Crippen molar-refractivity contribution in [2.24, 2.45) is 5.73 Å². The molecule has 1 unspecified atom stereocenters. The Kier molecular flexibility index (Phi) is 5.99. The van der Waals surface area contributed by atoms with Crippen LogP contribution in [-0.4, -0.2) is 53.3 Å². The third kappa shape index (κ3) is 4.57. The van der Waals surface area contributed by atoms with Gasteiger partial charge < -0.3 is 15.5 Å². The lowest BCUT2D eigenvalue weighted by Gasteiger charge is -2.38. The van der Waals surface area contributed by atoms with Crippen molar-refractivity contribution in [2.45, 2.75) is 45.6 Å². The van der Waals surface area contributed by atoms with Gasteiger partial charge in [0.25, 0.3) is 0 Å². The zero-order valence-corrected chi connectivity index (χ0v) is 15.0. The highest BCUT2D eigenvalue weighted by molar-refractivity contribution is 5.86. The summed E-state index contributed by atoms with van der Waals surface area (Å²) in [5.41, 5.74) is 7.56. The number of benzene rings is 1. The fourth-order valence-corrected chi connectivity index (χ4v) is 3.14. The van der Waals surface area contributed by atoms with Crippen molar-refractivity contribution < 1.29 is 9.59 Å². The second kappa shape index (κ2) is 7.79. The van der Waals surface area contributed by atoms with Crippen LogP contribution in [0, 0.1) is 6.92 Å². The third-order valence-corrected chi connectivity index (χ3v) is 4.65. The zero-order valence-electron chi connectivity index (χ0n) is 15.0. The highest BCUT2D eigenvalue weighted by Gasteiger charge is 2.34. The fourth-order valence-electron chi connectivity index (χ4n) is 3.14. The van der Waals surface area contributed by atoms with Crippen molar-refractivity contribution in [2.75, 3.05) is 26.2 Å². The van der Waals surface area contributed by atoms with E-state index in [1.165, 1.54) is 5.56 Å². The maximum Gasteiger partial charge on any atom is 0.242 e. The zero-order chi connectivity index (χ0) is 17.7. The first-order chi connectivity index (χ1) is 11.3. The minimum Gasteiger partial charge on any atom is -0.339 e. The van der Waals surface area contributed by atoms with Gasteiger partial charge in [0.1, 0.15) is 0 Å². The molecule has 1 fully saturated rings. The minimum absolute atomic E-state index is 0.00464. The maximum absolute atomic E-state index is 12.5. The van der Waals surface area contributed by atoms with Gasteiger partial charge in [-0.1, -0.05) is 43.2 Å². The smallest absolute Gasteiger partial charge is 0.242 e. The Morgan fingerprint density at radius 2 is 1.62 bits per heavy atom. The number of rotatable bonds is 5. The number of hydrogen-bond acceptors (Lipinski definition) is 3. The second-order valence-electron chi connectivity index (χ2n) is 7.00. The van der Waals surface area contributed by atoms with Crippen molar-refractivity contribution in [3.05, 3.63) is 35.4 Å². The largest absolute Gasteiger partial charge is 0.339 e. The molecule has 1 saturated heterocycles. The Balaban J connectivity index is 1.86. The summed E-state index contributed by atoms with van der Waals surface area (Å²) < 4.78 is 0. The molecule has 24 heavy (non-hydrogen) atoms. The van der Waals surface area contributed by atoms with Crippen molar-refractivity contribution in [1.82, 2.24) is 9.80 Å². The first-order valence-electron chi connectivity index (χ1n) is 8.75. The quantitative estimate of drug-likeness (QED) is 0.893. The van der Waals surface area contributed by atoms with E-state index >= 15 is 0 Å². The lowest BCUT2D eigenvalue weighted by atomic mass is 9.95. The summed E-state index contributed by atoms with van der Waals surface area (Å²) >= 11 is 0. The molecule has 0 spiro atoms. The van der Waals surface area contributed by atoms with Gasteiger partial charge in [0.05, 0.1) is 12.0 Å². The van der Waals surface area contributed by atoms with Crippen molar-refractivity contribution in [1.29, 1.82) is 0 Å². The van der Waals surface area contributed by atoms with Crippen LogP contribution in [0.4, 0.5) is 0 Å². The van der Waals surface area contributed by atoms with Crippen LogP contribution in [0.3, 0.4) is 0 Å². The third-order valence-electron chi connectivity index (χ3n) is 4.65. The summed E-state index contributed by atoms with van der Waals surface area (Å²) in [5, 5.41) is 0. The molecule has 0 bridgehead atoms. The van der Waals surface area contributed by atoms with Crippen LogP contribution in [0.25, 0.3) is 0 Å². The van der Waals surface area contributed by atoms with E-state index in [4.69, 9.17) is 5.73 Å².